The number of furan rings is 1. The topological polar surface area (TPSA) is 64.8 Å². The Balaban J connectivity index is 1.32. The van der Waals surface area contributed by atoms with Gasteiger partial charge in [-0.3, -0.25) is 9.78 Å². The number of rotatable bonds is 5. The number of likely N-dealkylation sites (tertiary alicyclic amines) is 1. The third-order valence-electron chi connectivity index (χ3n) is 5.96. The molecule has 0 aliphatic carbocycles. The smallest absolute Gasteiger partial charge is 0.257 e. The van der Waals surface area contributed by atoms with E-state index in [-0.39, 0.29) is 11.5 Å². The van der Waals surface area contributed by atoms with Crippen LogP contribution in [0, 0.1) is 12.8 Å². The number of hydrogen-bond acceptors (Lipinski definition) is 5. The largest absolute Gasteiger partial charge is 0.492 e. The molecular weight excluding hydrogens is 344 g/mol. The highest BCUT2D eigenvalue weighted by molar-refractivity contribution is 5.95. The molecule has 6 heteroatoms. The number of ether oxygens (including phenoxy) is 2. The fourth-order valence-electron chi connectivity index (χ4n) is 4.36. The van der Waals surface area contributed by atoms with E-state index in [0.29, 0.717) is 23.8 Å². The zero-order chi connectivity index (χ0) is 18.7. The molecule has 144 valence electrons. The van der Waals surface area contributed by atoms with Gasteiger partial charge >= 0.3 is 0 Å². The van der Waals surface area contributed by atoms with Gasteiger partial charge in [0.2, 0.25) is 0 Å². The van der Waals surface area contributed by atoms with Crippen LogP contribution in [0.4, 0.5) is 0 Å². The monoisotopic (exact) mass is 370 g/mol. The fourth-order valence-corrected chi connectivity index (χ4v) is 4.36. The van der Waals surface area contributed by atoms with Gasteiger partial charge in [-0.2, -0.15) is 0 Å². The van der Waals surface area contributed by atoms with Gasteiger partial charge in [0.05, 0.1) is 30.2 Å². The number of carbonyl (C=O) groups is 1. The summed E-state index contributed by atoms with van der Waals surface area (Å²) in [5, 5.41) is 0. The molecule has 4 rings (SSSR count). The lowest BCUT2D eigenvalue weighted by molar-refractivity contribution is -0.0648. The van der Waals surface area contributed by atoms with Gasteiger partial charge in [-0.15, -0.1) is 0 Å². The highest BCUT2D eigenvalue weighted by Gasteiger charge is 2.46. The van der Waals surface area contributed by atoms with Crippen LogP contribution in [-0.2, 0) is 4.74 Å². The van der Waals surface area contributed by atoms with Gasteiger partial charge < -0.3 is 18.8 Å². The summed E-state index contributed by atoms with van der Waals surface area (Å²) in [6, 6.07) is 5.56. The standard InChI is InChI=1S/C21H26N2O4/c1-16-19(6-13-25-16)20(24)23-10-7-21(8-11-23)17(5-14-27-21)4-12-26-18-3-2-9-22-15-18/h2-3,6,9,13,15,17H,4-5,7-8,10-12,14H2,1H3/t17-/m0/s1. The molecule has 1 atom stereocenters. The van der Waals surface area contributed by atoms with Crippen LogP contribution in [-0.4, -0.2) is 47.7 Å². The Bertz CT molecular complexity index is 765. The Labute approximate surface area is 159 Å². The number of aromatic nitrogens is 1. The minimum absolute atomic E-state index is 0.0607. The van der Waals surface area contributed by atoms with Crippen molar-refractivity contribution in [1.82, 2.24) is 9.88 Å². The van der Waals surface area contributed by atoms with Gasteiger partial charge in [0.25, 0.3) is 5.91 Å². The van der Waals surface area contributed by atoms with E-state index in [1.54, 1.807) is 24.7 Å². The predicted molar refractivity (Wildman–Crippen MR) is 99.7 cm³/mol. The maximum atomic E-state index is 12.7. The van der Waals surface area contributed by atoms with E-state index in [2.05, 4.69) is 4.98 Å². The van der Waals surface area contributed by atoms with Crippen molar-refractivity contribution in [3.05, 3.63) is 48.2 Å². The first kappa shape index (κ1) is 18.0. The number of amides is 1. The van der Waals surface area contributed by atoms with Crippen LogP contribution in [0.5, 0.6) is 5.75 Å². The van der Waals surface area contributed by atoms with Gasteiger partial charge in [0, 0.05) is 25.9 Å². The predicted octanol–water partition coefficient (Wildman–Crippen LogP) is 3.46. The van der Waals surface area contributed by atoms with E-state index in [4.69, 9.17) is 13.9 Å². The van der Waals surface area contributed by atoms with Crippen molar-refractivity contribution in [3.63, 3.8) is 0 Å². The summed E-state index contributed by atoms with van der Waals surface area (Å²) in [5.74, 6) is 2.02. The molecule has 27 heavy (non-hydrogen) atoms. The number of piperidine rings is 1. The minimum Gasteiger partial charge on any atom is -0.492 e. The van der Waals surface area contributed by atoms with Crippen molar-refractivity contribution in [1.29, 1.82) is 0 Å². The molecule has 0 radical (unpaired) electrons. The van der Waals surface area contributed by atoms with Gasteiger partial charge in [-0.05, 0) is 56.7 Å². The first-order chi connectivity index (χ1) is 13.2. The summed E-state index contributed by atoms with van der Waals surface area (Å²) in [5.41, 5.74) is 0.556. The van der Waals surface area contributed by atoms with Gasteiger partial charge in [0.15, 0.2) is 0 Å². The van der Waals surface area contributed by atoms with Gasteiger partial charge in [-0.25, -0.2) is 0 Å². The SMILES string of the molecule is Cc1occc1C(=O)N1CCC2(CC1)OCC[C@@H]2CCOc1cccnc1. The highest BCUT2D eigenvalue weighted by Crippen LogP contribution is 2.42. The van der Waals surface area contributed by atoms with Crippen LogP contribution in [0.25, 0.3) is 0 Å². The Hall–Kier alpha value is -2.34. The first-order valence-electron chi connectivity index (χ1n) is 9.68. The Morgan fingerprint density at radius 1 is 1.37 bits per heavy atom. The normalized spacial score (nSPS) is 21.5. The number of carbonyl (C=O) groups excluding carboxylic acids is 1. The lowest BCUT2D eigenvalue weighted by atomic mass is 9.78. The molecule has 2 aliphatic rings. The van der Waals surface area contributed by atoms with Crippen LogP contribution < -0.4 is 4.74 Å². The Morgan fingerprint density at radius 2 is 2.22 bits per heavy atom. The second-order valence-corrected chi connectivity index (χ2v) is 7.41. The summed E-state index contributed by atoms with van der Waals surface area (Å²) in [4.78, 5) is 18.7. The van der Waals surface area contributed by atoms with Crippen LogP contribution in [0.1, 0.15) is 41.8 Å². The van der Waals surface area contributed by atoms with Crippen molar-refractivity contribution in [2.45, 2.75) is 38.2 Å². The fraction of sp³-hybridized carbons (Fsp3) is 0.524. The van der Waals surface area contributed by atoms with E-state index in [1.807, 2.05) is 24.0 Å². The van der Waals surface area contributed by atoms with Crippen molar-refractivity contribution >= 4 is 5.91 Å². The van der Waals surface area contributed by atoms with Crippen LogP contribution in [0.15, 0.2) is 41.3 Å². The van der Waals surface area contributed by atoms with E-state index in [1.165, 1.54) is 0 Å². The zero-order valence-electron chi connectivity index (χ0n) is 15.7. The molecule has 0 saturated carbocycles. The van der Waals surface area contributed by atoms with E-state index in [9.17, 15) is 4.79 Å². The number of hydrogen-bond donors (Lipinski definition) is 0. The van der Waals surface area contributed by atoms with Crippen LogP contribution >= 0.6 is 0 Å². The van der Waals surface area contributed by atoms with Crippen LogP contribution in [0.3, 0.4) is 0 Å². The molecule has 2 saturated heterocycles. The molecule has 0 aromatic carbocycles. The molecule has 2 aliphatic heterocycles. The molecule has 0 bridgehead atoms. The van der Waals surface area contributed by atoms with E-state index in [0.717, 1.165) is 51.1 Å². The quantitative estimate of drug-likeness (QED) is 0.806. The van der Waals surface area contributed by atoms with Gasteiger partial charge in [0.1, 0.15) is 11.5 Å². The molecule has 6 nitrogen and oxygen atoms in total. The van der Waals surface area contributed by atoms with E-state index >= 15 is 0 Å². The molecule has 0 unspecified atom stereocenters. The molecule has 4 heterocycles. The third-order valence-corrected chi connectivity index (χ3v) is 5.96. The summed E-state index contributed by atoms with van der Waals surface area (Å²) in [7, 11) is 0. The average Bonchev–Trinajstić information content (AvgIpc) is 3.29. The average molecular weight is 370 g/mol. The second kappa shape index (κ2) is 7.72. The first-order valence-corrected chi connectivity index (χ1v) is 9.68. The van der Waals surface area contributed by atoms with Crippen molar-refractivity contribution in [2.75, 3.05) is 26.3 Å². The summed E-state index contributed by atoms with van der Waals surface area (Å²) in [6.07, 6.45) is 8.84. The third kappa shape index (κ3) is 3.72. The Morgan fingerprint density at radius 3 is 2.93 bits per heavy atom. The van der Waals surface area contributed by atoms with Crippen molar-refractivity contribution in [2.24, 2.45) is 5.92 Å². The maximum absolute atomic E-state index is 12.7. The number of aryl methyl sites for hydroxylation is 1. The number of pyridine rings is 1. The molecule has 2 fully saturated rings. The van der Waals surface area contributed by atoms with Crippen molar-refractivity contribution < 1.29 is 18.7 Å². The molecular formula is C21H26N2O4. The van der Waals surface area contributed by atoms with Crippen molar-refractivity contribution in [3.8, 4) is 5.75 Å². The van der Waals surface area contributed by atoms with Gasteiger partial charge in [-0.1, -0.05) is 0 Å². The molecule has 2 aromatic heterocycles. The summed E-state index contributed by atoms with van der Waals surface area (Å²) in [6.45, 7) is 4.74. The molecule has 1 amide bonds. The second-order valence-electron chi connectivity index (χ2n) is 7.41. The zero-order valence-corrected chi connectivity index (χ0v) is 15.7. The molecule has 2 aromatic rings. The maximum Gasteiger partial charge on any atom is 0.257 e. The van der Waals surface area contributed by atoms with Crippen LogP contribution in [0.2, 0.25) is 0 Å². The van der Waals surface area contributed by atoms with E-state index < -0.39 is 0 Å². The summed E-state index contributed by atoms with van der Waals surface area (Å²) < 4.78 is 17.3. The molecule has 1 spiro atoms. The molecule has 0 N–H and O–H groups in total. The Kier molecular flexibility index (Phi) is 5.16. The summed E-state index contributed by atoms with van der Waals surface area (Å²) >= 11 is 0. The lowest BCUT2D eigenvalue weighted by Crippen LogP contribution is -2.49. The highest BCUT2D eigenvalue weighted by atomic mass is 16.5. The minimum atomic E-state index is -0.111. The number of nitrogens with zero attached hydrogens (tertiary/aromatic N) is 2. The lowest BCUT2D eigenvalue weighted by Gasteiger charge is -2.42.